The van der Waals surface area contributed by atoms with Crippen LogP contribution in [0.25, 0.3) is 0 Å². The van der Waals surface area contributed by atoms with E-state index < -0.39 is 0 Å². The van der Waals surface area contributed by atoms with E-state index >= 15 is 0 Å². The van der Waals surface area contributed by atoms with Crippen molar-refractivity contribution in [3.8, 4) is 5.75 Å². The molecule has 1 aliphatic rings. The van der Waals surface area contributed by atoms with Crippen molar-refractivity contribution in [2.24, 2.45) is 0 Å². The first-order valence-electron chi connectivity index (χ1n) is 5.30. The molecule has 2 rings (SSSR count). The molecule has 1 N–H and O–H groups in total. The van der Waals surface area contributed by atoms with E-state index in [9.17, 15) is 4.39 Å². The van der Waals surface area contributed by atoms with Gasteiger partial charge in [-0.15, -0.1) is 0 Å². The largest absolute Gasteiger partial charge is 0.496 e. The number of ether oxygens (including phenoxy) is 1. The molecule has 0 radical (unpaired) electrons. The van der Waals surface area contributed by atoms with Crippen LogP contribution in [0.5, 0.6) is 5.75 Å². The van der Waals surface area contributed by atoms with Gasteiger partial charge in [0.05, 0.1) is 7.11 Å². The minimum atomic E-state index is -0.153. The molecule has 1 saturated heterocycles. The van der Waals surface area contributed by atoms with E-state index in [1.807, 2.05) is 0 Å². The third-order valence-corrected chi connectivity index (χ3v) is 2.95. The molecule has 1 aromatic carbocycles. The molecule has 2 nitrogen and oxygen atoms in total. The lowest BCUT2D eigenvalue weighted by atomic mass is 10.0. The van der Waals surface area contributed by atoms with Crippen LogP contribution in [0.1, 0.15) is 30.0 Å². The molecule has 82 valence electrons. The molecule has 0 aliphatic carbocycles. The highest BCUT2D eigenvalue weighted by Gasteiger charge is 2.21. The van der Waals surface area contributed by atoms with Crippen LogP contribution in [0.15, 0.2) is 12.1 Å². The van der Waals surface area contributed by atoms with E-state index in [1.54, 1.807) is 26.2 Å². The maximum absolute atomic E-state index is 13.5. The van der Waals surface area contributed by atoms with Crippen molar-refractivity contribution in [3.63, 3.8) is 0 Å². The Morgan fingerprint density at radius 2 is 2.27 bits per heavy atom. The average molecular weight is 209 g/mol. The molecule has 3 heteroatoms. The Hall–Kier alpha value is -1.09. The van der Waals surface area contributed by atoms with E-state index in [0.717, 1.165) is 30.7 Å². The zero-order chi connectivity index (χ0) is 10.8. The molecule has 1 heterocycles. The maximum atomic E-state index is 13.5. The van der Waals surface area contributed by atoms with Crippen LogP contribution in [0.4, 0.5) is 4.39 Å². The minimum absolute atomic E-state index is 0.153. The van der Waals surface area contributed by atoms with Gasteiger partial charge in [-0.2, -0.15) is 0 Å². The molecule has 1 unspecified atom stereocenters. The molecule has 0 saturated carbocycles. The Balaban J connectivity index is 2.39. The van der Waals surface area contributed by atoms with E-state index in [2.05, 4.69) is 5.32 Å². The number of hydrogen-bond acceptors (Lipinski definition) is 2. The first-order chi connectivity index (χ1) is 7.22. The monoisotopic (exact) mass is 209 g/mol. The van der Waals surface area contributed by atoms with Crippen molar-refractivity contribution in [2.75, 3.05) is 13.7 Å². The predicted octanol–water partition coefficient (Wildman–Crippen LogP) is 2.57. The normalized spacial score (nSPS) is 20.6. The Labute approximate surface area is 89.4 Å². The van der Waals surface area contributed by atoms with Gasteiger partial charge in [-0.1, -0.05) is 0 Å². The Kier molecular flexibility index (Phi) is 2.91. The summed E-state index contributed by atoms with van der Waals surface area (Å²) in [4.78, 5) is 0. The highest BCUT2D eigenvalue weighted by atomic mass is 19.1. The molecule has 0 amide bonds. The number of aryl methyl sites for hydroxylation is 1. The molecule has 1 aliphatic heterocycles. The summed E-state index contributed by atoms with van der Waals surface area (Å²) >= 11 is 0. The molecule has 15 heavy (non-hydrogen) atoms. The highest BCUT2D eigenvalue weighted by molar-refractivity contribution is 5.40. The minimum Gasteiger partial charge on any atom is -0.496 e. The van der Waals surface area contributed by atoms with Crippen LogP contribution in [-0.4, -0.2) is 13.7 Å². The number of rotatable bonds is 2. The number of halogens is 1. The SMILES string of the molecule is COc1cc(C)c(F)cc1C1CCCN1. The van der Waals surface area contributed by atoms with Gasteiger partial charge in [-0.25, -0.2) is 4.39 Å². The summed E-state index contributed by atoms with van der Waals surface area (Å²) in [7, 11) is 1.63. The molecule has 1 aromatic rings. The zero-order valence-corrected chi connectivity index (χ0v) is 9.14. The summed E-state index contributed by atoms with van der Waals surface area (Å²) in [5.41, 5.74) is 1.58. The summed E-state index contributed by atoms with van der Waals surface area (Å²) in [5.74, 6) is 0.632. The first kappa shape index (κ1) is 10.4. The van der Waals surface area contributed by atoms with E-state index in [4.69, 9.17) is 4.74 Å². The van der Waals surface area contributed by atoms with Crippen molar-refractivity contribution < 1.29 is 9.13 Å². The van der Waals surface area contributed by atoms with E-state index in [-0.39, 0.29) is 11.9 Å². The van der Waals surface area contributed by atoms with Gasteiger partial charge in [-0.05, 0) is 44.0 Å². The fraction of sp³-hybridized carbons (Fsp3) is 0.500. The quantitative estimate of drug-likeness (QED) is 0.808. The van der Waals surface area contributed by atoms with Crippen molar-refractivity contribution in [1.29, 1.82) is 0 Å². The molecular weight excluding hydrogens is 193 g/mol. The maximum Gasteiger partial charge on any atom is 0.126 e. The Morgan fingerprint density at radius 1 is 1.47 bits per heavy atom. The van der Waals surface area contributed by atoms with Gasteiger partial charge in [0.2, 0.25) is 0 Å². The van der Waals surface area contributed by atoms with Gasteiger partial charge in [0, 0.05) is 11.6 Å². The second-order valence-corrected chi connectivity index (χ2v) is 3.99. The summed E-state index contributed by atoms with van der Waals surface area (Å²) in [5, 5.41) is 3.35. The summed E-state index contributed by atoms with van der Waals surface area (Å²) < 4.78 is 18.8. The van der Waals surface area contributed by atoms with E-state index in [1.165, 1.54) is 0 Å². The number of benzene rings is 1. The molecule has 1 atom stereocenters. The first-order valence-corrected chi connectivity index (χ1v) is 5.30. The van der Waals surface area contributed by atoms with Gasteiger partial charge in [0.1, 0.15) is 11.6 Å². The predicted molar refractivity (Wildman–Crippen MR) is 57.7 cm³/mol. The number of hydrogen-bond donors (Lipinski definition) is 1. The molecule has 0 bridgehead atoms. The van der Waals surface area contributed by atoms with Gasteiger partial charge < -0.3 is 10.1 Å². The summed E-state index contributed by atoms with van der Waals surface area (Å²) in [6.07, 6.45) is 2.20. The van der Waals surface area contributed by atoms with Gasteiger partial charge in [0.25, 0.3) is 0 Å². The van der Waals surface area contributed by atoms with Crippen molar-refractivity contribution >= 4 is 0 Å². The van der Waals surface area contributed by atoms with Crippen LogP contribution in [0.2, 0.25) is 0 Å². The second kappa shape index (κ2) is 4.19. The van der Waals surface area contributed by atoms with Crippen molar-refractivity contribution in [2.45, 2.75) is 25.8 Å². The van der Waals surface area contributed by atoms with Gasteiger partial charge in [0.15, 0.2) is 0 Å². The summed E-state index contributed by atoms with van der Waals surface area (Å²) in [6.45, 7) is 2.76. The van der Waals surface area contributed by atoms with Crippen LogP contribution in [0, 0.1) is 12.7 Å². The smallest absolute Gasteiger partial charge is 0.126 e. The van der Waals surface area contributed by atoms with Crippen LogP contribution < -0.4 is 10.1 Å². The van der Waals surface area contributed by atoms with Crippen molar-refractivity contribution in [3.05, 3.63) is 29.1 Å². The Bertz CT molecular complexity index is 359. The standard InChI is InChI=1S/C12H16FNO/c1-8-6-12(15-2)9(7-10(8)13)11-4-3-5-14-11/h6-7,11,14H,3-5H2,1-2H3. The number of nitrogens with one attached hydrogen (secondary N) is 1. The lowest BCUT2D eigenvalue weighted by molar-refractivity contribution is 0.401. The van der Waals surface area contributed by atoms with Crippen molar-refractivity contribution in [1.82, 2.24) is 5.32 Å². The lowest BCUT2D eigenvalue weighted by Gasteiger charge is -2.16. The second-order valence-electron chi connectivity index (χ2n) is 3.99. The third kappa shape index (κ3) is 1.97. The average Bonchev–Trinajstić information content (AvgIpc) is 2.74. The fourth-order valence-corrected chi connectivity index (χ4v) is 2.07. The van der Waals surface area contributed by atoms with Crippen LogP contribution in [0.3, 0.4) is 0 Å². The molecule has 0 spiro atoms. The van der Waals surface area contributed by atoms with Gasteiger partial charge in [-0.3, -0.25) is 0 Å². The Morgan fingerprint density at radius 3 is 2.87 bits per heavy atom. The molecule has 0 aromatic heterocycles. The third-order valence-electron chi connectivity index (χ3n) is 2.95. The lowest BCUT2D eigenvalue weighted by Crippen LogP contribution is -2.14. The van der Waals surface area contributed by atoms with E-state index in [0.29, 0.717) is 5.56 Å². The zero-order valence-electron chi connectivity index (χ0n) is 9.14. The van der Waals surface area contributed by atoms with Gasteiger partial charge >= 0.3 is 0 Å². The van der Waals surface area contributed by atoms with Crippen LogP contribution >= 0.6 is 0 Å². The number of methoxy groups -OCH3 is 1. The highest BCUT2D eigenvalue weighted by Crippen LogP contribution is 2.32. The fourth-order valence-electron chi connectivity index (χ4n) is 2.07. The van der Waals surface area contributed by atoms with Crippen LogP contribution in [-0.2, 0) is 0 Å². The molecular formula is C12H16FNO. The summed E-state index contributed by atoms with van der Waals surface area (Å²) in [6, 6.07) is 3.61. The topological polar surface area (TPSA) is 21.3 Å². The molecule has 1 fully saturated rings.